The van der Waals surface area contributed by atoms with Crippen molar-refractivity contribution in [2.24, 2.45) is 0 Å². The molecule has 82 valence electrons. The van der Waals surface area contributed by atoms with Crippen LogP contribution in [-0.4, -0.2) is 31.1 Å². The first-order chi connectivity index (χ1) is 7.33. The molecule has 2 nitrogen and oxygen atoms in total. The van der Waals surface area contributed by atoms with E-state index in [9.17, 15) is 0 Å². The summed E-state index contributed by atoms with van der Waals surface area (Å²) in [5.41, 5.74) is 0. The lowest BCUT2D eigenvalue weighted by Crippen LogP contribution is -2.44. The molecule has 2 rings (SSSR count). The number of hydrogen-bond donors (Lipinski definition) is 1. The predicted octanol–water partition coefficient (Wildman–Crippen LogP) is 2.53. The maximum Gasteiger partial charge on any atom is 0.0639 e. The average Bonchev–Trinajstić information content (AvgIpc) is 2.68. The van der Waals surface area contributed by atoms with Crippen molar-refractivity contribution in [3.05, 3.63) is 34.0 Å². The Labute approximate surface area is 99.5 Å². The van der Waals surface area contributed by atoms with Crippen LogP contribution in [0.2, 0.25) is 5.02 Å². The van der Waals surface area contributed by atoms with E-state index in [2.05, 4.69) is 16.8 Å². The van der Waals surface area contributed by atoms with Crippen molar-refractivity contribution in [1.29, 1.82) is 0 Å². The summed E-state index contributed by atoms with van der Waals surface area (Å²) in [5, 5.41) is 6.25. The zero-order valence-electron chi connectivity index (χ0n) is 8.58. The summed E-state index contributed by atoms with van der Waals surface area (Å²) in [6, 6.07) is 2.24. The van der Waals surface area contributed by atoms with E-state index in [-0.39, 0.29) is 6.04 Å². The Morgan fingerprint density at radius 1 is 1.53 bits per heavy atom. The molecule has 1 aliphatic heterocycles. The van der Waals surface area contributed by atoms with E-state index in [0.29, 0.717) is 0 Å². The zero-order chi connectivity index (χ0) is 10.7. The number of halogens is 1. The Bertz CT molecular complexity index is 331. The molecule has 0 aromatic carbocycles. The van der Waals surface area contributed by atoms with Gasteiger partial charge >= 0.3 is 0 Å². The van der Waals surface area contributed by atoms with Crippen LogP contribution >= 0.6 is 22.9 Å². The normalized spacial score (nSPS) is 20.1. The van der Waals surface area contributed by atoms with Crippen LogP contribution in [0.25, 0.3) is 0 Å². The molecule has 1 N–H and O–H groups in total. The Kier molecular flexibility index (Phi) is 3.81. The summed E-state index contributed by atoms with van der Waals surface area (Å²) >= 11 is 7.86. The quantitative estimate of drug-likeness (QED) is 0.820. The summed E-state index contributed by atoms with van der Waals surface area (Å²) in [5.74, 6) is 0. The Morgan fingerprint density at radius 3 is 2.80 bits per heavy atom. The molecule has 0 saturated carbocycles. The first-order valence-electron chi connectivity index (χ1n) is 5.13. The molecule has 1 fully saturated rings. The van der Waals surface area contributed by atoms with Gasteiger partial charge in [-0.25, -0.2) is 0 Å². The van der Waals surface area contributed by atoms with Crippen molar-refractivity contribution in [3.63, 3.8) is 0 Å². The highest BCUT2D eigenvalue weighted by molar-refractivity contribution is 7.10. The summed E-state index contributed by atoms with van der Waals surface area (Å²) in [4.78, 5) is 3.63. The van der Waals surface area contributed by atoms with Gasteiger partial charge in [-0.2, -0.15) is 0 Å². The van der Waals surface area contributed by atoms with Crippen molar-refractivity contribution < 1.29 is 0 Å². The molecular formula is C11H15ClN2S. The molecule has 0 spiro atoms. The Balaban J connectivity index is 2.16. The van der Waals surface area contributed by atoms with Gasteiger partial charge in [0.2, 0.25) is 0 Å². The monoisotopic (exact) mass is 242 g/mol. The number of nitrogens with one attached hydrogen (secondary N) is 1. The summed E-state index contributed by atoms with van der Waals surface area (Å²) in [6.07, 6.45) is 1.99. The second-order valence-corrected chi connectivity index (χ2v) is 4.95. The van der Waals surface area contributed by atoms with Crippen LogP contribution in [0, 0.1) is 0 Å². The van der Waals surface area contributed by atoms with Crippen LogP contribution in [0.15, 0.2) is 24.1 Å². The Morgan fingerprint density at radius 2 is 2.27 bits per heavy atom. The van der Waals surface area contributed by atoms with Crippen LogP contribution in [-0.2, 0) is 0 Å². The van der Waals surface area contributed by atoms with Crippen molar-refractivity contribution in [2.45, 2.75) is 6.04 Å². The lowest BCUT2D eigenvalue weighted by molar-refractivity contribution is 0.206. The van der Waals surface area contributed by atoms with Crippen LogP contribution in [0.3, 0.4) is 0 Å². The van der Waals surface area contributed by atoms with E-state index in [1.807, 2.05) is 17.5 Å². The number of piperazine rings is 1. The molecule has 0 unspecified atom stereocenters. The minimum absolute atomic E-state index is 0.277. The van der Waals surface area contributed by atoms with E-state index in [1.54, 1.807) is 11.3 Å². The lowest BCUT2D eigenvalue weighted by Gasteiger charge is -2.32. The highest BCUT2D eigenvalue weighted by Gasteiger charge is 2.21. The van der Waals surface area contributed by atoms with Gasteiger partial charge < -0.3 is 5.32 Å². The molecule has 1 saturated heterocycles. The van der Waals surface area contributed by atoms with Crippen molar-refractivity contribution >= 4 is 22.9 Å². The number of thiophene rings is 1. The number of nitrogens with zero attached hydrogens (tertiary/aromatic N) is 1. The predicted molar refractivity (Wildman–Crippen MR) is 66.7 cm³/mol. The van der Waals surface area contributed by atoms with Crippen molar-refractivity contribution in [1.82, 2.24) is 10.2 Å². The van der Waals surface area contributed by atoms with Crippen molar-refractivity contribution in [3.8, 4) is 0 Å². The van der Waals surface area contributed by atoms with Gasteiger partial charge in [-0.15, -0.1) is 17.9 Å². The third kappa shape index (κ3) is 2.42. The fraction of sp³-hybridized carbons (Fsp3) is 0.455. The van der Waals surface area contributed by atoms with Gasteiger partial charge in [0.15, 0.2) is 0 Å². The topological polar surface area (TPSA) is 15.3 Å². The summed E-state index contributed by atoms with van der Waals surface area (Å²) in [6.45, 7) is 8.14. The molecule has 4 heteroatoms. The van der Waals surface area contributed by atoms with Gasteiger partial charge in [0, 0.05) is 31.1 Å². The maximum atomic E-state index is 6.15. The smallest absolute Gasteiger partial charge is 0.0639 e. The van der Waals surface area contributed by atoms with E-state index in [1.165, 1.54) is 4.88 Å². The van der Waals surface area contributed by atoms with E-state index in [4.69, 9.17) is 11.6 Å². The van der Waals surface area contributed by atoms with Crippen LogP contribution in [0.5, 0.6) is 0 Å². The van der Waals surface area contributed by atoms with E-state index in [0.717, 1.165) is 31.2 Å². The molecule has 1 aliphatic rings. The van der Waals surface area contributed by atoms with Gasteiger partial charge in [0.05, 0.1) is 11.1 Å². The first-order valence-corrected chi connectivity index (χ1v) is 6.39. The molecule has 1 aromatic rings. The van der Waals surface area contributed by atoms with E-state index < -0.39 is 0 Å². The van der Waals surface area contributed by atoms with Crippen LogP contribution in [0.1, 0.15) is 10.9 Å². The molecule has 15 heavy (non-hydrogen) atoms. The molecule has 0 radical (unpaired) electrons. The number of hydrogen-bond acceptors (Lipinski definition) is 3. The maximum absolute atomic E-state index is 6.15. The van der Waals surface area contributed by atoms with Crippen LogP contribution < -0.4 is 5.32 Å². The van der Waals surface area contributed by atoms with Gasteiger partial charge in [-0.1, -0.05) is 17.7 Å². The highest BCUT2D eigenvalue weighted by Crippen LogP contribution is 2.33. The summed E-state index contributed by atoms with van der Waals surface area (Å²) < 4.78 is 0. The fourth-order valence-corrected chi connectivity index (χ4v) is 3.20. The van der Waals surface area contributed by atoms with Crippen molar-refractivity contribution in [2.75, 3.05) is 26.2 Å². The zero-order valence-corrected chi connectivity index (χ0v) is 10.2. The second kappa shape index (κ2) is 5.12. The lowest BCUT2D eigenvalue weighted by atomic mass is 10.2. The van der Waals surface area contributed by atoms with Gasteiger partial charge in [-0.3, -0.25) is 4.90 Å². The minimum atomic E-state index is 0.277. The molecular weight excluding hydrogens is 228 g/mol. The molecule has 1 atom stereocenters. The largest absolute Gasteiger partial charge is 0.314 e. The van der Waals surface area contributed by atoms with Gasteiger partial charge in [-0.05, 0) is 11.4 Å². The van der Waals surface area contributed by atoms with Crippen LogP contribution in [0.4, 0.5) is 0 Å². The standard InChI is InChI=1S/C11H15ClN2S/c1-2-10(11-9(12)3-8-15-11)14-6-4-13-5-7-14/h2-3,8,10,13H,1,4-7H2/t10-/m1/s1. The average molecular weight is 243 g/mol. The Hall–Kier alpha value is -0.350. The number of rotatable bonds is 3. The third-order valence-electron chi connectivity index (χ3n) is 2.68. The highest BCUT2D eigenvalue weighted by atomic mass is 35.5. The fourth-order valence-electron chi connectivity index (χ4n) is 1.90. The first kappa shape index (κ1) is 11.1. The van der Waals surface area contributed by atoms with Gasteiger partial charge in [0.1, 0.15) is 0 Å². The molecule has 0 bridgehead atoms. The molecule has 0 amide bonds. The van der Waals surface area contributed by atoms with Gasteiger partial charge in [0.25, 0.3) is 0 Å². The third-order valence-corrected chi connectivity index (χ3v) is 4.11. The van der Waals surface area contributed by atoms with E-state index >= 15 is 0 Å². The summed E-state index contributed by atoms with van der Waals surface area (Å²) in [7, 11) is 0. The second-order valence-electron chi connectivity index (χ2n) is 3.60. The molecule has 1 aromatic heterocycles. The SMILES string of the molecule is C=C[C@H](c1sccc1Cl)N1CCNCC1. The minimum Gasteiger partial charge on any atom is -0.314 e. The molecule has 0 aliphatic carbocycles. The molecule has 2 heterocycles.